The van der Waals surface area contributed by atoms with Gasteiger partial charge < -0.3 is 4.74 Å². The van der Waals surface area contributed by atoms with Crippen molar-refractivity contribution in [2.24, 2.45) is 0 Å². The van der Waals surface area contributed by atoms with Gasteiger partial charge in [0.2, 0.25) is 4.96 Å². The van der Waals surface area contributed by atoms with Crippen LogP contribution in [0.3, 0.4) is 0 Å². The number of aryl methyl sites for hydroxylation is 1. The number of hydrogen-bond acceptors (Lipinski definition) is 7. The largest absolute Gasteiger partial charge is 0.489 e. The first kappa shape index (κ1) is 26.1. The predicted octanol–water partition coefficient (Wildman–Crippen LogP) is 4.38. The first-order valence-corrected chi connectivity index (χ1v) is 13.8. The SMILES string of the molecule is C=CCOc1ccc(-c2nn(-c3ccccc3)cc2/C=c2\sc3nc(=O)c(Cc4ccccc4)nn3c2=O)cc1C. The molecule has 0 aliphatic carbocycles. The van der Waals surface area contributed by atoms with Gasteiger partial charge in [0, 0.05) is 23.7 Å². The van der Waals surface area contributed by atoms with Crippen LogP contribution in [0.4, 0.5) is 0 Å². The molecule has 0 atom stereocenters. The van der Waals surface area contributed by atoms with Crippen molar-refractivity contribution in [1.29, 1.82) is 0 Å². The smallest absolute Gasteiger partial charge is 0.296 e. The molecule has 3 heterocycles. The average molecular weight is 560 g/mol. The van der Waals surface area contributed by atoms with Gasteiger partial charge in [-0.05, 0) is 54.5 Å². The lowest BCUT2D eigenvalue weighted by Crippen LogP contribution is -2.28. The van der Waals surface area contributed by atoms with Gasteiger partial charge in [-0.3, -0.25) is 9.59 Å². The van der Waals surface area contributed by atoms with Gasteiger partial charge in [-0.15, -0.1) is 0 Å². The second-order valence-corrected chi connectivity index (χ2v) is 10.4. The zero-order valence-corrected chi connectivity index (χ0v) is 23.0. The highest BCUT2D eigenvalue weighted by Gasteiger charge is 2.15. The van der Waals surface area contributed by atoms with Crippen LogP contribution in [0.2, 0.25) is 0 Å². The Bertz CT molecular complexity index is 2050. The Balaban J connectivity index is 1.47. The fraction of sp³-hybridized carbons (Fsp3) is 0.0938. The fourth-order valence-corrected chi connectivity index (χ4v) is 5.42. The van der Waals surface area contributed by atoms with Crippen molar-refractivity contribution in [2.45, 2.75) is 13.3 Å². The van der Waals surface area contributed by atoms with Crippen LogP contribution >= 0.6 is 11.3 Å². The summed E-state index contributed by atoms with van der Waals surface area (Å²) in [6, 6.07) is 25.1. The minimum atomic E-state index is -0.437. The minimum absolute atomic E-state index is 0.224. The Labute approximate surface area is 239 Å². The van der Waals surface area contributed by atoms with Crippen molar-refractivity contribution in [3.63, 3.8) is 0 Å². The predicted molar refractivity (Wildman–Crippen MR) is 161 cm³/mol. The van der Waals surface area contributed by atoms with E-state index in [4.69, 9.17) is 9.84 Å². The van der Waals surface area contributed by atoms with Crippen molar-refractivity contribution in [3.05, 3.63) is 145 Å². The molecule has 8 nitrogen and oxygen atoms in total. The first-order valence-electron chi connectivity index (χ1n) is 13.0. The van der Waals surface area contributed by atoms with Crippen molar-refractivity contribution in [2.75, 3.05) is 6.61 Å². The lowest BCUT2D eigenvalue weighted by molar-refractivity contribution is 0.361. The summed E-state index contributed by atoms with van der Waals surface area (Å²) in [6.45, 7) is 6.10. The third-order valence-corrected chi connectivity index (χ3v) is 7.48. The third kappa shape index (κ3) is 5.35. The zero-order chi connectivity index (χ0) is 28.3. The Hall–Kier alpha value is -5.15. The first-order chi connectivity index (χ1) is 20.0. The van der Waals surface area contributed by atoms with E-state index in [1.807, 2.05) is 92.0 Å². The van der Waals surface area contributed by atoms with Crippen LogP contribution < -0.4 is 20.4 Å². The van der Waals surface area contributed by atoms with Gasteiger partial charge in [-0.1, -0.05) is 72.5 Å². The molecule has 0 bridgehead atoms. The molecule has 3 aromatic heterocycles. The summed E-state index contributed by atoms with van der Waals surface area (Å²) in [5, 5.41) is 9.27. The Morgan fingerprint density at radius 3 is 2.46 bits per heavy atom. The van der Waals surface area contributed by atoms with Crippen LogP contribution in [-0.2, 0) is 6.42 Å². The Morgan fingerprint density at radius 1 is 0.976 bits per heavy atom. The number of para-hydroxylation sites is 1. The highest BCUT2D eigenvalue weighted by atomic mass is 32.1. The summed E-state index contributed by atoms with van der Waals surface area (Å²) in [5.41, 5.74) is 4.52. The highest BCUT2D eigenvalue weighted by Crippen LogP contribution is 2.29. The quantitative estimate of drug-likeness (QED) is 0.257. The summed E-state index contributed by atoms with van der Waals surface area (Å²) in [7, 11) is 0. The Kier molecular flexibility index (Phi) is 7.09. The number of benzene rings is 3. The van der Waals surface area contributed by atoms with Crippen LogP contribution in [0.15, 0.2) is 107 Å². The molecule has 0 N–H and O–H groups in total. The van der Waals surface area contributed by atoms with E-state index in [-0.39, 0.29) is 16.2 Å². The van der Waals surface area contributed by atoms with Crippen LogP contribution in [0.5, 0.6) is 5.75 Å². The maximum atomic E-state index is 13.5. The van der Waals surface area contributed by atoms with Crippen molar-refractivity contribution in [1.82, 2.24) is 24.4 Å². The molecule has 6 aromatic rings. The van der Waals surface area contributed by atoms with Crippen LogP contribution in [0.25, 0.3) is 28.0 Å². The molecule has 0 aliphatic rings. The van der Waals surface area contributed by atoms with E-state index in [0.29, 0.717) is 23.3 Å². The summed E-state index contributed by atoms with van der Waals surface area (Å²) in [4.78, 5) is 30.6. The Morgan fingerprint density at radius 2 is 1.73 bits per heavy atom. The van der Waals surface area contributed by atoms with E-state index in [2.05, 4.69) is 16.7 Å². The van der Waals surface area contributed by atoms with Gasteiger partial charge >= 0.3 is 0 Å². The molecule has 0 radical (unpaired) electrons. The van der Waals surface area contributed by atoms with Crippen molar-refractivity contribution >= 4 is 22.4 Å². The lowest BCUT2D eigenvalue weighted by atomic mass is 10.0. The third-order valence-electron chi connectivity index (χ3n) is 6.52. The van der Waals surface area contributed by atoms with Crippen LogP contribution in [-0.4, -0.2) is 31.0 Å². The van der Waals surface area contributed by atoms with E-state index in [9.17, 15) is 9.59 Å². The van der Waals surface area contributed by atoms with Gasteiger partial charge in [0.25, 0.3) is 11.1 Å². The zero-order valence-electron chi connectivity index (χ0n) is 22.2. The molecule has 0 aliphatic heterocycles. The second-order valence-electron chi connectivity index (χ2n) is 9.43. The number of aromatic nitrogens is 5. The summed E-state index contributed by atoms with van der Waals surface area (Å²) < 4.78 is 9.15. The molecule has 9 heteroatoms. The molecule has 6 rings (SSSR count). The van der Waals surface area contributed by atoms with E-state index >= 15 is 0 Å². The second kappa shape index (κ2) is 11.1. The number of ether oxygens (including phenoxy) is 1. The number of fused-ring (bicyclic) bond motifs is 1. The van der Waals surface area contributed by atoms with Gasteiger partial charge in [-0.25, -0.2) is 4.68 Å². The number of hydrogen-bond donors (Lipinski definition) is 0. The fourth-order valence-electron chi connectivity index (χ4n) is 4.52. The summed E-state index contributed by atoms with van der Waals surface area (Å²) >= 11 is 1.13. The number of thiazole rings is 1. The summed E-state index contributed by atoms with van der Waals surface area (Å²) in [6.07, 6.45) is 5.67. The molecule has 0 unspecified atom stereocenters. The van der Waals surface area contributed by atoms with Gasteiger partial charge in [-0.2, -0.15) is 19.7 Å². The molecular weight excluding hydrogens is 534 g/mol. The average Bonchev–Trinajstić information content (AvgIpc) is 3.54. The summed E-state index contributed by atoms with van der Waals surface area (Å²) in [5.74, 6) is 0.765. The van der Waals surface area contributed by atoms with E-state index in [0.717, 1.165) is 45.0 Å². The van der Waals surface area contributed by atoms with Crippen LogP contribution in [0, 0.1) is 6.92 Å². The topological polar surface area (TPSA) is 91.4 Å². The van der Waals surface area contributed by atoms with Crippen molar-refractivity contribution in [3.8, 4) is 22.7 Å². The highest BCUT2D eigenvalue weighted by molar-refractivity contribution is 7.15. The molecule has 0 amide bonds. The molecule has 41 heavy (non-hydrogen) atoms. The molecular formula is C32H25N5O3S. The number of nitrogens with zero attached hydrogens (tertiary/aromatic N) is 5. The van der Waals surface area contributed by atoms with Crippen LogP contribution in [0.1, 0.15) is 22.4 Å². The monoisotopic (exact) mass is 559 g/mol. The van der Waals surface area contributed by atoms with Gasteiger partial charge in [0.15, 0.2) is 0 Å². The molecule has 0 saturated carbocycles. The maximum Gasteiger partial charge on any atom is 0.296 e. The molecule has 0 saturated heterocycles. The van der Waals surface area contributed by atoms with Crippen molar-refractivity contribution < 1.29 is 4.74 Å². The van der Waals surface area contributed by atoms with E-state index < -0.39 is 5.56 Å². The molecule has 0 fully saturated rings. The molecule has 202 valence electrons. The number of rotatable bonds is 8. The van der Waals surface area contributed by atoms with E-state index in [1.54, 1.807) is 16.8 Å². The standard InChI is InChI=1S/C32H25N5O3S/c1-3-16-40-27-15-14-23(17-21(27)2)29-24(20-36(35-29)25-12-8-5-9-13-25)19-28-31(39)37-32(41-28)33-30(38)26(34-37)18-22-10-6-4-7-11-22/h3-15,17,19-20H,1,16,18H2,2H3/b28-19-. The van der Waals surface area contributed by atoms with Gasteiger partial charge in [0.05, 0.1) is 10.2 Å². The normalized spacial score (nSPS) is 11.7. The van der Waals surface area contributed by atoms with Gasteiger partial charge in [0.1, 0.15) is 23.7 Å². The lowest BCUT2D eigenvalue weighted by Gasteiger charge is -2.08. The minimum Gasteiger partial charge on any atom is -0.489 e. The molecule has 0 spiro atoms. The van der Waals surface area contributed by atoms with E-state index in [1.165, 1.54) is 4.52 Å². The molecule has 3 aromatic carbocycles. The maximum absolute atomic E-state index is 13.5.